The third kappa shape index (κ3) is 4.80. The molecule has 0 amide bonds. The zero-order valence-corrected chi connectivity index (χ0v) is 21.3. The van der Waals surface area contributed by atoms with E-state index in [-0.39, 0.29) is 17.9 Å². The molecule has 5 unspecified atom stereocenters. The highest BCUT2D eigenvalue weighted by Gasteiger charge is 2.53. The molecule has 2 fully saturated rings. The molecule has 2 saturated heterocycles. The average molecular weight is 566 g/mol. The number of nitrogens with zero attached hydrogens (tertiary/aromatic N) is 1. The summed E-state index contributed by atoms with van der Waals surface area (Å²) in [6, 6.07) is 1.73. The Bertz CT molecular complexity index is 1180. The summed E-state index contributed by atoms with van der Waals surface area (Å²) in [5.74, 6) is -4.88. The van der Waals surface area contributed by atoms with Gasteiger partial charge in [0.25, 0.3) is 0 Å². The van der Waals surface area contributed by atoms with Gasteiger partial charge in [0.05, 0.1) is 29.2 Å². The maximum Gasteiger partial charge on any atom is 0.194 e. The standard InChI is InChI=1S/C23H20Cl2F3NO4S2/c1-23(25)3-2-10(6-15(23)24)35-22-18(31)16(20-19(33-22)14(30)7-32-20)21-29-13(8-34-21)9-4-11(26)17(28)12(27)5-9/h2,4-6,8,14,16,18-20,22,30-31H,3,7H2,1H3/t14?,16?,18?,19?,20-,22-,23?/m1/s1. The second-order valence-electron chi connectivity index (χ2n) is 8.79. The van der Waals surface area contributed by atoms with Gasteiger partial charge in [-0.1, -0.05) is 29.4 Å². The van der Waals surface area contributed by atoms with Crippen molar-refractivity contribution < 1.29 is 32.9 Å². The van der Waals surface area contributed by atoms with Gasteiger partial charge in [-0.25, -0.2) is 18.2 Å². The van der Waals surface area contributed by atoms with E-state index in [4.69, 9.17) is 32.7 Å². The van der Waals surface area contributed by atoms with Crippen LogP contribution in [0.25, 0.3) is 11.3 Å². The van der Waals surface area contributed by atoms with Crippen LogP contribution in [0.3, 0.4) is 0 Å². The molecule has 5 nitrogen and oxygen atoms in total. The van der Waals surface area contributed by atoms with Crippen molar-refractivity contribution in [2.45, 2.75) is 54.0 Å². The minimum absolute atomic E-state index is 0.0294. The van der Waals surface area contributed by atoms with Gasteiger partial charge in [0.1, 0.15) is 28.8 Å². The topological polar surface area (TPSA) is 71.8 Å². The maximum atomic E-state index is 13.7. The predicted octanol–water partition coefficient (Wildman–Crippen LogP) is 5.30. The normalized spacial score (nSPS) is 35.0. The van der Waals surface area contributed by atoms with E-state index in [1.807, 2.05) is 13.0 Å². The van der Waals surface area contributed by atoms with Crippen molar-refractivity contribution in [2.24, 2.45) is 0 Å². The third-order valence-electron chi connectivity index (χ3n) is 6.25. The summed E-state index contributed by atoms with van der Waals surface area (Å²) in [6.45, 7) is 1.84. The van der Waals surface area contributed by atoms with E-state index in [0.717, 1.165) is 17.0 Å². The van der Waals surface area contributed by atoms with Gasteiger partial charge < -0.3 is 19.7 Å². The Balaban J connectivity index is 1.44. The molecule has 7 atom stereocenters. The van der Waals surface area contributed by atoms with Crippen LogP contribution in [-0.4, -0.2) is 56.5 Å². The van der Waals surface area contributed by atoms with Crippen LogP contribution in [0.15, 0.2) is 39.6 Å². The minimum Gasteiger partial charge on any atom is -0.389 e. The monoisotopic (exact) mass is 565 g/mol. The fourth-order valence-electron chi connectivity index (χ4n) is 4.29. The Kier molecular flexibility index (Phi) is 7.04. The van der Waals surface area contributed by atoms with Gasteiger partial charge in [0, 0.05) is 20.9 Å². The van der Waals surface area contributed by atoms with E-state index in [0.29, 0.717) is 16.5 Å². The zero-order valence-electron chi connectivity index (χ0n) is 18.1. The van der Waals surface area contributed by atoms with E-state index < -0.39 is 58.1 Å². The number of ether oxygens (including phenoxy) is 2. The summed E-state index contributed by atoms with van der Waals surface area (Å²) in [4.78, 5) is 4.54. The van der Waals surface area contributed by atoms with Crippen molar-refractivity contribution in [3.05, 3.63) is 62.1 Å². The number of hydrogen-bond acceptors (Lipinski definition) is 7. The summed E-state index contributed by atoms with van der Waals surface area (Å²) in [6.07, 6.45) is 0.742. The summed E-state index contributed by atoms with van der Waals surface area (Å²) >= 11 is 15.1. The summed E-state index contributed by atoms with van der Waals surface area (Å²) < 4.78 is 52.7. The SMILES string of the molecule is CC1(Cl)CC=C(S[C@H]2OC3C(O)CO[C@@H]3C(c3nc(-c4cc(F)c(F)c(F)c4)cs3)C2O)C=C1Cl. The molecule has 0 bridgehead atoms. The quantitative estimate of drug-likeness (QED) is 0.387. The molecule has 0 spiro atoms. The first kappa shape index (κ1) is 25.5. The number of aliphatic hydroxyl groups excluding tert-OH is 2. The number of allylic oxidation sites excluding steroid dienone is 3. The number of fused-ring (bicyclic) bond motifs is 1. The van der Waals surface area contributed by atoms with Gasteiger partial charge in [0.2, 0.25) is 0 Å². The van der Waals surface area contributed by atoms with Crippen molar-refractivity contribution in [1.29, 1.82) is 0 Å². The lowest BCUT2D eigenvalue weighted by atomic mass is 9.89. The van der Waals surface area contributed by atoms with E-state index >= 15 is 0 Å². The maximum absolute atomic E-state index is 13.7. The molecule has 0 saturated carbocycles. The smallest absolute Gasteiger partial charge is 0.194 e. The molecule has 188 valence electrons. The number of thioether (sulfide) groups is 1. The van der Waals surface area contributed by atoms with Gasteiger partial charge in [-0.3, -0.25) is 0 Å². The van der Waals surface area contributed by atoms with Crippen LogP contribution < -0.4 is 0 Å². The Labute approximate surface area is 217 Å². The molecule has 3 heterocycles. The van der Waals surface area contributed by atoms with E-state index in [1.165, 1.54) is 23.1 Å². The fourth-order valence-corrected chi connectivity index (χ4v) is 6.81. The first-order chi connectivity index (χ1) is 16.5. The summed E-state index contributed by atoms with van der Waals surface area (Å²) in [5.41, 5.74) is -0.485. The number of thiazole rings is 1. The molecule has 35 heavy (non-hydrogen) atoms. The van der Waals surface area contributed by atoms with Crippen LogP contribution >= 0.6 is 46.3 Å². The van der Waals surface area contributed by atoms with Gasteiger partial charge >= 0.3 is 0 Å². The first-order valence-corrected chi connectivity index (χ1v) is 13.2. The molecule has 2 N–H and O–H groups in total. The highest BCUT2D eigenvalue weighted by atomic mass is 35.5. The number of hydrogen-bond donors (Lipinski definition) is 2. The number of halogens is 5. The lowest BCUT2D eigenvalue weighted by Gasteiger charge is -2.41. The van der Waals surface area contributed by atoms with E-state index in [1.54, 1.807) is 11.5 Å². The molecular formula is C23H20Cl2F3NO4S2. The largest absolute Gasteiger partial charge is 0.389 e. The lowest BCUT2D eigenvalue weighted by molar-refractivity contribution is -0.144. The molecule has 1 aromatic heterocycles. The molecule has 12 heteroatoms. The number of aliphatic hydroxyl groups is 2. The molecule has 5 rings (SSSR count). The highest BCUT2D eigenvalue weighted by Crippen LogP contribution is 2.47. The van der Waals surface area contributed by atoms with E-state index in [2.05, 4.69) is 4.98 Å². The Morgan fingerprint density at radius 1 is 1.20 bits per heavy atom. The molecule has 1 aliphatic carbocycles. The van der Waals surface area contributed by atoms with Crippen molar-refractivity contribution in [3.8, 4) is 11.3 Å². The van der Waals surface area contributed by atoms with Gasteiger partial charge in [-0.2, -0.15) is 0 Å². The first-order valence-electron chi connectivity index (χ1n) is 10.7. The van der Waals surface area contributed by atoms with Gasteiger partial charge in [-0.15, -0.1) is 22.9 Å². The van der Waals surface area contributed by atoms with Crippen molar-refractivity contribution in [1.82, 2.24) is 4.98 Å². The van der Waals surface area contributed by atoms with Gasteiger partial charge in [0.15, 0.2) is 17.5 Å². The molecule has 3 aliphatic rings. The van der Waals surface area contributed by atoms with Crippen LogP contribution in [0.5, 0.6) is 0 Å². The van der Waals surface area contributed by atoms with Crippen LogP contribution in [0.4, 0.5) is 13.2 Å². The lowest BCUT2D eigenvalue weighted by Crippen LogP contribution is -2.52. The number of benzene rings is 1. The molecule has 0 radical (unpaired) electrons. The third-order valence-corrected chi connectivity index (χ3v) is 9.35. The minimum atomic E-state index is -1.55. The van der Waals surface area contributed by atoms with Crippen LogP contribution in [0, 0.1) is 17.5 Å². The molecular weight excluding hydrogens is 546 g/mol. The predicted molar refractivity (Wildman–Crippen MR) is 129 cm³/mol. The molecule has 1 aromatic carbocycles. The average Bonchev–Trinajstić information content (AvgIpc) is 3.42. The Morgan fingerprint density at radius 3 is 2.60 bits per heavy atom. The second-order valence-corrected chi connectivity index (χ2v) is 12.1. The number of rotatable bonds is 4. The van der Waals surface area contributed by atoms with Crippen molar-refractivity contribution >= 4 is 46.3 Å². The highest BCUT2D eigenvalue weighted by molar-refractivity contribution is 8.03. The van der Waals surface area contributed by atoms with Crippen molar-refractivity contribution in [2.75, 3.05) is 6.61 Å². The number of alkyl halides is 1. The van der Waals surface area contributed by atoms with Crippen LogP contribution in [0.1, 0.15) is 24.3 Å². The Morgan fingerprint density at radius 2 is 1.91 bits per heavy atom. The molecule has 2 aliphatic heterocycles. The molecule has 2 aromatic rings. The number of aromatic nitrogens is 1. The van der Waals surface area contributed by atoms with Crippen LogP contribution in [-0.2, 0) is 9.47 Å². The van der Waals surface area contributed by atoms with E-state index in [9.17, 15) is 23.4 Å². The van der Waals surface area contributed by atoms with Crippen molar-refractivity contribution in [3.63, 3.8) is 0 Å². The summed E-state index contributed by atoms with van der Waals surface area (Å²) in [5, 5.41) is 24.2. The zero-order chi connectivity index (χ0) is 25.1. The summed E-state index contributed by atoms with van der Waals surface area (Å²) in [7, 11) is 0. The second kappa shape index (κ2) is 9.64. The fraction of sp³-hybridized carbons (Fsp3) is 0.435. The Hall–Kier alpha value is -1.11. The van der Waals surface area contributed by atoms with Gasteiger partial charge in [-0.05, 0) is 31.6 Å². The van der Waals surface area contributed by atoms with Crippen LogP contribution in [0.2, 0.25) is 0 Å².